The number of fused-ring (bicyclic) bond motifs is 2. The number of nitrogens with one attached hydrogen (secondary N) is 1. The van der Waals surface area contributed by atoms with Crippen molar-refractivity contribution >= 4 is 28.1 Å². The fourth-order valence-electron chi connectivity index (χ4n) is 3.53. The van der Waals surface area contributed by atoms with Crippen LogP contribution in [0.4, 0.5) is 0 Å². The number of likely N-dealkylation sites (N-methyl/N-ethyl adjacent to an activating group) is 1. The number of aryl methyl sites for hydroxylation is 1. The number of benzene rings is 1. The third kappa shape index (κ3) is 3.40. The first kappa shape index (κ1) is 17.9. The molecule has 2 aromatic heterocycles. The van der Waals surface area contributed by atoms with E-state index in [-0.39, 0.29) is 17.5 Å². The number of hydrogen-bond acceptors (Lipinski definition) is 5. The minimum atomic E-state index is -0.150. The number of rotatable bonds is 5. The number of aromatic nitrogens is 2. The molecule has 0 spiro atoms. The maximum atomic E-state index is 12.7. The van der Waals surface area contributed by atoms with Crippen molar-refractivity contribution in [3.05, 3.63) is 62.3 Å². The molecule has 27 heavy (non-hydrogen) atoms. The lowest BCUT2D eigenvalue weighted by Gasteiger charge is -2.23. The largest absolute Gasteiger partial charge is 0.350 e. The maximum absolute atomic E-state index is 12.7. The lowest BCUT2D eigenvalue weighted by molar-refractivity contribution is 0.0942. The first-order valence-corrected chi connectivity index (χ1v) is 9.94. The number of carbonyl (C=O) groups is 1. The molecule has 1 aromatic carbocycles. The SMILES string of the molecule is CN(C)[C@H](CNC(=O)c1ccc2c(=O)n3c(nc2c1)CCC3)c1cccs1. The molecule has 7 heteroatoms. The Kier molecular flexibility index (Phi) is 4.80. The minimum Gasteiger partial charge on any atom is -0.350 e. The first-order valence-electron chi connectivity index (χ1n) is 9.06. The zero-order valence-electron chi connectivity index (χ0n) is 15.4. The van der Waals surface area contributed by atoms with Gasteiger partial charge in [-0.15, -0.1) is 11.3 Å². The summed E-state index contributed by atoms with van der Waals surface area (Å²) >= 11 is 1.68. The molecule has 0 bridgehead atoms. The van der Waals surface area contributed by atoms with Crippen LogP contribution in [0.2, 0.25) is 0 Å². The zero-order chi connectivity index (χ0) is 19.0. The lowest BCUT2D eigenvalue weighted by atomic mass is 10.1. The molecule has 1 aliphatic rings. The van der Waals surface area contributed by atoms with Gasteiger partial charge in [-0.1, -0.05) is 6.07 Å². The van der Waals surface area contributed by atoms with Gasteiger partial charge < -0.3 is 10.2 Å². The Labute approximate surface area is 161 Å². The number of amides is 1. The van der Waals surface area contributed by atoms with Gasteiger partial charge in [-0.05, 0) is 50.2 Å². The summed E-state index contributed by atoms with van der Waals surface area (Å²) in [4.78, 5) is 33.1. The predicted molar refractivity (Wildman–Crippen MR) is 107 cm³/mol. The van der Waals surface area contributed by atoms with E-state index in [2.05, 4.69) is 21.3 Å². The molecule has 0 fully saturated rings. The molecule has 140 valence electrons. The summed E-state index contributed by atoms with van der Waals surface area (Å²) < 4.78 is 1.74. The summed E-state index contributed by atoms with van der Waals surface area (Å²) in [6.07, 6.45) is 1.76. The van der Waals surface area contributed by atoms with Crippen LogP contribution in [0.5, 0.6) is 0 Å². The molecule has 1 amide bonds. The van der Waals surface area contributed by atoms with E-state index in [9.17, 15) is 9.59 Å². The number of nitrogens with zero attached hydrogens (tertiary/aromatic N) is 3. The Morgan fingerprint density at radius 2 is 2.22 bits per heavy atom. The van der Waals surface area contributed by atoms with Gasteiger partial charge in [0, 0.05) is 30.0 Å². The summed E-state index contributed by atoms with van der Waals surface area (Å²) in [6, 6.07) is 9.37. The Morgan fingerprint density at radius 1 is 1.37 bits per heavy atom. The highest BCUT2D eigenvalue weighted by molar-refractivity contribution is 7.10. The molecule has 3 aromatic rings. The molecule has 4 rings (SSSR count). The maximum Gasteiger partial charge on any atom is 0.261 e. The fourth-order valence-corrected chi connectivity index (χ4v) is 4.46. The number of hydrogen-bond donors (Lipinski definition) is 1. The summed E-state index contributed by atoms with van der Waals surface area (Å²) in [6.45, 7) is 1.25. The van der Waals surface area contributed by atoms with Gasteiger partial charge in [-0.2, -0.15) is 0 Å². The summed E-state index contributed by atoms with van der Waals surface area (Å²) in [5.74, 6) is 0.665. The van der Waals surface area contributed by atoms with Crippen molar-refractivity contribution in [3.8, 4) is 0 Å². The normalized spacial score (nSPS) is 14.5. The van der Waals surface area contributed by atoms with E-state index in [0.29, 0.717) is 23.0 Å². The third-order valence-corrected chi connectivity index (χ3v) is 6.00. The molecule has 0 saturated carbocycles. The number of carbonyl (C=O) groups excluding carboxylic acids is 1. The molecule has 0 aliphatic carbocycles. The Morgan fingerprint density at radius 3 is 2.96 bits per heavy atom. The highest BCUT2D eigenvalue weighted by atomic mass is 32.1. The molecule has 3 heterocycles. The van der Waals surface area contributed by atoms with Gasteiger partial charge in [0.25, 0.3) is 11.5 Å². The van der Waals surface area contributed by atoms with Crippen LogP contribution in [0.25, 0.3) is 10.9 Å². The molecule has 0 radical (unpaired) electrons. The lowest BCUT2D eigenvalue weighted by Crippen LogP contribution is -2.34. The van der Waals surface area contributed by atoms with Crippen molar-refractivity contribution in [1.82, 2.24) is 19.8 Å². The van der Waals surface area contributed by atoms with Gasteiger partial charge in [-0.3, -0.25) is 14.2 Å². The standard InChI is InChI=1S/C20H22N4O2S/c1-23(2)16(17-5-4-10-27-17)12-21-19(25)13-7-8-14-15(11-13)22-18-6-3-9-24(18)20(14)26/h4-5,7-8,10-11,16H,3,6,9,12H2,1-2H3,(H,21,25)/t16-/m1/s1. The second-order valence-corrected chi connectivity index (χ2v) is 8.00. The second kappa shape index (κ2) is 7.25. The predicted octanol–water partition coefficient (Wildman–Crippen LogP) is 2.44. The monoisotopic (exact) mass is 382 g/mol. The van der Waals surface area contributed by atoms with Crippen LogP contribution in [0, 0.1) is 0 Å². The van der Waals surface area contributed by atoms with Crippen molar-refractivity contribution < 1.29 is 4.79 Å². The van der Waals surface area contributed by atoms with Crippen LogP contribution < -0.4 is 10.9 Å². The zero-order valence-corrected chi connectivity index (χ0v) is 16.3. The van der Waals surface area contributed by atoms with E-state index >= 15 is 0 Å². The van der Waals surface area contributed by atoms with Crippen molar-refractivity contribution in [2.45, 2.75) is 25.4 Å². The molecular weight excluding hydrogens is 360 g/mol. The van der Waals surface area contributed by atoms with Gasteiger partial charge in [-0.25, -0.2) is 4.98 Å². The van der Waals surface area contributed by atoms with Crippen LogP contribution >= 0.6 is 11.3 Å². The van der Waals surface area contributed by atoms with Gasteiger partial charge in [0.15, 0.2) is 0 Å². The molecule has 1 atom stereocenters. The molecule has 1 N–H and O–H groups in total. The first-order chi connectivity index (χ1) is 13.0. The summed E-state index contributed by atoms with van der Waals surface area (Å²) in [5.41, 5.74) is 1.12. The van der Waals surface area contributed by atoms with Crippen LogP contribution in [0.15, 0.2) is 40.5 Å². The highest BCUT2D eigenvalue weighted by Crippen LogP contribution is 2.22. The van der Waals surface area contributed by atoms with Crippen LogP contribution in [0.3, 0.4) is 0 Å². The van der Waals surface area contributed by atoms with E-state index in [1.807, 2.05) is 25.5 Å². The highest BCUT2D eigenvalue weighted by Gasteiger charge is 2.19. The molecular formula is C20H22N4O2S. The van der Waals surface area contributed by atoms with Crippen molar-refractivity contribution in [1.29, 1.82) is 0 Å². The van der Waals surface area contributed by atoms with Gasteiger partial charge in [0.2, 0.25) is 0 Å². The van der Waals surface area contributed by atoms with E-state index in [0.717, 1.165) is 25.2 Å². The minimum absolute atomic E-state index is 0.00942. The van der Waals surface area contributed by atoms with E-state index < -0.39 is 0 Å². The van der Waals surface area contributed by atoms with E-state index in [4.69, 9.17) is 0 Å². The topological polar surface area (TPSA) is 67.2 Å². The summed E-state index contributed by atoms with van der Waals surface area (Å²) in [5, 5.41) is 5.63. The Hall–Kier alpha value is -2.51. The Balaban J connectivity index is 1.56. The molecule has 6 nitrogen and oxygen atoms in total. The fraction of sp³-hybridized carbons (Fsp3) is 0.350. The quantitative estimate of drug-likeness (QED) is 0.736. The van der Waals surface area contributed by atoms with Crippen molar-refractivity contribution in [2.75, 3.05) is 20.6 Å². The van der Waals surface area contributed by atoms with Crippen LogP contribution in [0.1, 0.15) is 33.5 Å². The second-order valence-electron chi connectivity index (χ2n) is 7.03. The summed E-state index contributed by atoms with van der Waals surface area (Å²) in [7, 11) is 4.01. The van der Waals surface area contributed by atoms with Gasteiger partial charge in [0.1, 0.15) is 5.82 Å². The molecule has 0 saturated heterocycles. The number of thiophene rings is 1. The van der Waals surface area contributed by atoms with E-state index in [1.165, 1.54) is 4.88 Å². The van der Waals surface area contributed by atoms with Crippen LogP contribution in [-0.2, 0) is 13.0 Å². The average molecular weight is 382 g/mol. The third-order valence-electron chi connectivity index (χ3n) is 5.03. The van der Waals surface area contributed by atoms with Gasteiger partial charge >= 0.3 is 0 Å². The van der Waals surface area contributed by atoms with Crippen molar-refractivity contribution in [3.63, 3.8) is 0 Å². The molecule has 1 aliphatic heterocycles. The molecule has 0 unspecified atom stereocenters. The smallest absolute Gasteiger partial charge is 0.261 e. The average Bonchev–Trinajstić information content (AvgIpc) is 3.33. The van der Waals surface area contributed by atoms with Crippen LogP contribution in [-0.4, -0.2) is 41.0 Å². The Bertz CT molecular complexity index is 1040. The van der Waals surface area contributed by atoms with Crippen molar-refractivity contribution in [2.24, 2.45) is 0 Å². The van der Waals surface area contributed by atoms with E-state index in [1.54, 1.807) is 34.1 Å². The van der Waals surface area contributed by atoms with Gasteiger partial charge in [0.05, 0.1) is 16.9 Å².